The van der Waals surface area contributed by atoms with E-state index in [9.17, 15) is 23.1 Å². The van der Waals surface area contributed by atoms with Crippen molar-refractivity contribution in [3.63, 3.8) is 0 Å². The zero-order valence-corrected chi connectivity index (χ0v) is 17.1. The van der Waals surface area contributed by atoms with Gasteiger partial charge in [0.2, 0.25) is 0 Å². The molecule has 2 atom stereocenters. The van der Waals surface area contributed by atoms with Crippen LogP contribution in [0.4, 0.5) is 24.5 Å². The molecular weight excluding hydrogens is 413 g/mol. The zero-order chi connectivity index (χ0) is 23.6. The molecule has 0 bridgehead atoms. The van der Waals surface area contributed by atoms with Gasteiger partial charge in [0.1, 0.15) is 19.4 Å². The molecule has 0 spiro atoms. The third-order valence-corrected chi connectivity index (χ3v) is 4.88. The third kappa shape index (κ3) is 6.92. The summed E-state index contributed by atoms with van der Waals surface area (Å²) in [6, 6.07) is 6.96. The number of nitrogens with zero attached hydrogens (tertiary/aromatic N) is 1. The first kappa shape index (κ1) is 25.8. The van der Waals surface area contributed by atoms with E-state index in [1.807, 2.05) is 20.5 Å². The number of benzene rings is 2. The largest absolute Gasteiger partial charge is 0.391 e. The van der Waals surface area contributed by atoms with Gasteiger partial charge >= 0.3 is 0 Å². The van der Waals surface area contributed by atoms with Crippen LogP contribution in [0.5, 0.6) is 0 Å². The molecular formula is C22H25F3N2O4. The minimum atomic E-state index is -1.07. The molecule has 1 aliphatic rings. The van der Waals surface area contributed by atoms with E-state index in [2.05, 4.69) is 5.32 Å². The molecule has 1 unspecified atom stereocenters. The molecule has 3 rings (SSSR count). The Labute approximate surface area is 178 Å². The highest BCUT2D eigenvalue weighted by Crippen LogP contribution is 2.26. The predicted molar refractivity (Wildman–Crippen MR) is 112 cm³/mol. The molecule has 0 aliphatic carbocycles. The Morgan fingerprint density at radius 1 is 1.03 bits per heavy atom. The van der Waals surface area contributed by atoms with E-state index < -0.39 is 29.5 Å². The second-order valence-electron chi connectivity index (χ2n) is 6.88. The van der Waals surface area contributed by atoms with Crippen LogP contribution < -0.4 is 10.2 Å². The molecule has 0 radical (unpaired) electrons. The van der Waals surface area contributed by atoms with E-state index in [0.717, 1.165) is 25.0 Å². The number of aliphatic hydroxyl groups excluding tert-OH is 1. The SMILES string of the molecule is C=O.C=O.CC1CCCN(c2cc(C(=O)Nc3ccc(F)c(F)c3)ccc2F)C[C@@H]1O. The molecule has 2 aromatic rings. The van der Waals surface area contributed by atoms with Gasteiger partial charge < -0.3 is 24.9 Å². The molecule has 2 aromatic carbocycles. The van der Waals surface area contributed by atoms with Crippen LogP contribution in [-0.2, 0) is 9.59 Å². The van der Waals surface area contributed by atoms with Crippen LogP contribution in [0.3, 0.4) is 0 Å². The Bertz CT molecular complexity index is 880. The van der Waals surface area contributed by atoms with E-state index in [1.54, 1.807) is 4.90 Å². The quantitative estimate of drug-likeness (QED) is 0.765. The summed E-state index contributed by atoms with van der Waals surface area (Å²) in [5, 5.41) is 12.7. The van der Waals surface area contributed by atoms with Crippen LogP contribution >= 0.6 is 0 Å². The van der Waals surface area contributed by atoms with Crippen LogP contribution in [0.1, 0.15) is 30.1 Å². The van der Waals surface area contributed by atoms with Gasteiger partial charge in [-0.05, 0) is 49.1 Å². The summed E-state index contributed by atoms with van der Waals surface area (Å²) >= 11 is 0. The van der Waals surface area contributed by atoms with Crippen molar-refractivity contribution in [3.8, 4) is 0 Å². The van der Waals surface area contributed by atoms with Gasteiger partial charge in [0, 0.05) is 30.4 Å². The number of amides is 1. The topological polar surface area (TPSA) is 86.7 Å². The fraction of sp³-hybridized carbons (Fsp3) is 0.318. The van der Waals surface area contributed by atoms with Crippen LogP contribution in [-0.4, -0.2) is 43.8 Å². The number of hydrogen-bond donors (Lipinski definition) is 2. The first-order valence-electron chi connectivity index (χ1n) is 9.42. The molecule has 2 N–H and O–H groups in total. The number of halogens is 3. The van der Waals surface area contributed by atoms with Crippen LogP contribution in [0.15, 0.2) is 36.4 Å². The Morgan fingerprint density at radius 3 is 2.32 bits per heavy atom. The summed E-state index contributed by atoms with van der Waals surface area (Å²) in [4.78, 5) is 30.2. The normalized spacial score (nSPS) is 17.9. The average molecular weight is 438 g/mol. The highest BCUT2D eigenvalue weighted by Gasteiger charge is 2.24. The van der Waals surface area contributed by atoms with Gasteiger partial charge in [0.15, 0.2) is 11.6 Å². The first-order chi connectivity index (χ1) is 14.8. The molecule has 0 saturated carbocycles. The maximum atomic E-state index is 14.4. The zero-order valence-electron chi connectivity index (χ0n) is 17.1. The summed E-state index contributed by atoms with van der Waals surface area (Å²) in [7, 11) is 0. The summed E-state index contributed by atoms with van der Waals surface area (Å²) < 4.78 is 40.6. The standard InChI is InChI=1S/C20H21F3N2O2.2CH2O/c1-12-3-2-8-25(11-19(12)26)18-9-13(4-6-16(18)22)20(27)24-14-5-7-15(21)17(23)10-14;2*1-2/h4-7,9-10,12,19,26H,2-3,8,11H2,1H3,(H,24,27);2*1H2/t12?,19-;;/m0../s1. The molecule has 1 heterocycles. The minimum absolute atomic E-state index is 0.101. The average Bonchev–Trinajstić information content (AvgIpc) is 2.94. The summed E-state index contributed by atoms with van der Waals surface area (Å²) in [6.07, 6.45) is 1.07. The highest BCUT2D eigenvalue weighted by atomic mass is 19.2. The summed E-state index contributed by atoms with van der Waals surface area (Å²) in [5.74, 6) is -3.00. The maximum absolute atomic E-state index is 14.4. The highest BCUT2D eigenvalue weighted by molar-refractivity contribution is 6.04. The van der Waals surface area contributed by atoms with Crippen molar-refractivity contribution in [1.82, 2.24) is 0 Å². The fourth-order valence-electron chi connectivity index (χ4n) is 3.19. The van der Waals surface area contributed by atoms with Gasteiger partial charge in [-0.15, -0.1) is 0 Å². The fourth-order valence-corrected chi connectivity index (χ4v) is 3.19. The molecule has 1 aliphatic heterocycles. The van der Waals surface area contributed by atoms with Gasteiger partial charge in [-0.1, -0.05) is 6.92 Å². The number of β-amino-alcohol motifs (C(OH)–C–C–N with tert-alkyl or cyclic N) is 1. The van der Waals surface area contributed by atoms with E-state index in [1.165, 1.54) is 24.3 Å². The van der Waals surface area contributed by atoms with Gasteiger partial charge in [0.25, 0.3) is 5.91 Å². The lowest BCUT2D eigenvalue weighted by atomic mass is 10.0. The Balaban J connectivity index is 0.00000113. The van der Waals surface area contributed by atoms with Crippen LogP contribution in [0.2, 0.25) is 0 Å². The molecule has 1 fully saturated rings. The van der Waals surface area contributed by atoms with Crippen molar-refractivity contribution in [2.45, 2.75) is 25.9 Å². The lowest BCUT2D eigenvalue weighted by Gasteiger charge is -2.26. The molecule has 0 aromatic heterocycles. The van der Waals surface area contributed by atoms with Crippen molar-refractivity contribution in [2.75, 3.05) is 23.3 Å². The number of aliphatic hydroxyl groups is 1. The molecule has 1 amide bonds. The lowest BCUT2D eigenvalue weighted by molar-refractivity contribution is -0.0987. The predicted octanol–water partition coefficient (Wildman–Crippen LogP) is 3.58. The van der Waals surface area contributed by atoms with Crippen molar-refractivity contribution >= 4 is 30.9 Å². The van der Waals surface area contributed by atoms with Gasteiger partial charge in [-0.3, -0.25) is 4.79 Å². The van der Waals surface area contributed by atoms with Crippen molar-refractivity contribution < 1.29 is 32.7 Å². The van der Waals surface area contributed by atoms with E-state index in [0.29, 0.717) is 6.54 Å². The number of anilines is 2. The van der Waals surface area contributed by atoms with Gasteiger partial charge in [0.05, 0.1) is 11.8 Å². The number of carbonyl (C=O) groups excluding carboxylic acids is 3. The molecule has 9 heteroatoms. The van der Waals surface area contributed by atoms with E-state index in [4.69, 9.17) is 9.59 Å². The third-order valence-electron chi connectivity index (χ3n) is 4.88. The Kier molecular flexibility index (Phi) is 10.4. The van der Waals surface area contributed by atoms with Crippen LogP contribution in [0, 0.1) is 23.4 Å². The smallest absolute Gasteiger partial charge is 0.255 e. The summed E-state index contributed by atoms with van der Waals surface area (Å²) in [6.45, 7) is 6.81. The number of hydrogen-bond acceptors (Lipinski definition) is 5. The van der Waals surface area contributed by atoms with Gasteiger partial charge in [-0.2, -0.15) is 0 Å². The van der Waals surface area contributed by atoms with Crippen LogP contribution in [0.25, 0.3) is 0 Å². The number of rotatable bonds is 3. The van der Waals surface area contributed by atoms with E-state index >= 15 is 0 Å². The second kappa shape index (κ2) is 12.5. The number of nitrogens with one attached hydrogen (secondary N) is 1. The van der Waals surface area contributed by atoms with Crippen molar-refractivity contribution in [1.29, 1.82) is 0 Å². The minimum Gasteiger partial charge on any atom is -0.391 e. The summed E-state index contributed by atoms with van der Waals surface area (Å²) in [5.41, 5.74) is 0.521. The number of carbonyl (C=O) groups is 3. The Morgan fingerprint density at radius 2 is 1.68 bits per heavy atom. The second-order valence-corrected chi connectivity index (χ2v) is 6.88. The molecule has 31 heavy (non-hydrogen) atoms. The Hall–Kier alpha value is -3.20. The molecule has 6 nitrogen and oxygen atoms in total. The maximum Gasteiger partial charge on any atom is 0.255 e. The van der Waals surface area contributed by atoms with Crippen molar-refractivity contribution in [2.24, 2.45) is 5.92 Å². The molecule has 168 valence electrons. The van der Waals surface area contributed by atoms with Crippen molar-refractivity contribution in [3.05, 3.63) is 59.4 Å². The monoisotopic (exact) mass is 438 g/mol. The first-order valence-corrected chi connectivity index (χ1v) is 9.42. The molecule has 1 saturated heterocycles. The lowest BCUT2D eigenvalue weighted by Crippen LogP contribution is -2.34. The van der Waals surface area contributed by atoms with Gasteiger partial charge in [-0.25, -0.2) is 13.2 Å². The van der Waals surface area contributed by atoms with E-state index in [-0.39, 0.29) is 29.4 Å².